The van der Waals surface area contributed by atoms with E-state index in [0.29, 0.717) is 6.42 Å². The van der Waals surface area contributed by atoms with Gasteiger partial charge in [-0.15, -0.1) is 0 Å². The molecule has 0 aliphatic heterocycles. The molecule has 15 heavy (non-hydrogen) atoms. The van der Waals surface area contributed by atoms with E-state index in [2.05, 4.69) is 0 Å². The lowest BCUT2D eigenvalue weighted by atomic mass is 10.0. The Bertz CT molecular complexity index is 368. The van der Waals surface area contributed by atoms with E-state index < -0.39 is 5.97 Å². The largest absolute Gasteiger partial charge is 0.507 e. The molecule has 0 spiro atoms. The van der Waals surface area contributed by atoms with E-state index >= 15 is 0 Å². The molecule has 0 radical (unpaired) electrons. The molecule has 0 saturated heterocycles. The SMILES string of the molecule is NC(CC(=O)O)Cc1ccc(O)c(I)c1. The Morgan fingerprint density at radius 1 is 1.53 bits per heavy atom. The first-order valence-electron chi connectivity index (χ1n) is 4.44. The molecular weight excluding hydrogens is 309 g/mol. The van der Waals surface area contributed by atoms with E-state index in [-0.39, 0.29) is 18.2 Å². The Morgan fingerprint density at radius 2 is 2.20 bits per heavy atom. The summed E-state index contributed by atoms with van der Waals surface area (Å²) in [5.41, 5.74) is 6.59. The summed E-state index contributed by atoms with van der Waals surface area (Å²) in [6, 6.07) is 4.75. The molecule has 1 atom stereocenters. The summed E-state index contributed by atoms with van der Waals surface area (Å²) < 4.78 is 0.743. The van der Waals surface area contributed by atoms with Crippen molar-refractivity contribution in [3.8, 4) is 5.75 Å². The van der Waals surface area contributed by atoms with Gasteiger partial charge in [-0.1, -0.05) is 6.07 Å². The predicted octanol–water partition coefficient (Wildman–Crippen LogP) is 1.34. The average molecular weight is 321 g/mol. The first kappa shape index (κ1) is 12.3. The van der Waals surface area contributed by atoms with Crippen molar-refractivity contribution in [3.05, 3.63) is 27.3 Å². The van der Waals surface area contributed by atoms with Crippen LogP contribution in [0.4, 0.5) is 0 Å². The molecule has 1 aromatic carbocycles. The molecule has 0 amide bonds. The lowest BCUT2D eigenvalue weighted by Gasteiger charge is -2.09. The lowest BCUT2D eigenvalue weighted by Crippen LogP contribution is -2.26. The summed E-state index contributed by atoms with van der Waals surface area (Å²) >= 11 is 2.02. The second-order valence-corrected chi connectivity index (χ2v) is 4.51. The van der Waals surface area contributed by atoms with E-state index in [4.69, 9.17) is 10.8 Å². The van der Waals surface area contributed by atoms with Crippen LogP contribution in [0.25, 0.3) is 0 Å². The predicted molar refractivity (Wildman–Crippen MR) is 64.8 cm³/mol. The molecule has 5 heteroatoms. The Balaban J connectivity index is 2.64. The van der Waals surface area contributed by atoms with Crippen LogP contribution in [0.5, 0.6) is 5.75 Å². The van der Waals surface area contributed by atoms with Gasteiger partial charge in [0.25, 0.3) is 0 Å². The fraction of sp³-hybridized carbons (Fsp3) is 0.300. The van der Waals surface area contributed by atoms with Gasteiger partial charge in [-0.25, -0.2) is 0 Å². The topological polar surface area (TPSA) is 83.6 Å². The molecule has 4 nitrogen and oxygen atoms in total. The molecule has 0 bridgehead atoms. The van der Waals surface area contributed by atoms with E-state index in [0.717, 1.165) is 9.13 Å². The number of rotatable bonds is 4. The summed E-state index contributed by atoms with van der Waals surface area (Å²) in [6.07, 6.45) is 0.458. The van der Waals surface area contributed by atoms with Crippen molar-refractivity contribution in [2.24, 2.45) is 5.73 Å². The second-order valence-electron chi connectivity index (χ2n) is 3.35. The molecular formula is C10H12INO3. The summed E-state index contributed by atoms with van der Waals surface area (Å²) in [5, 5.41) is 17.8. The minimum Gasteiger partial charge on any atom is -0.507 e. The third kappa shape index (κ3) is 4.05. The van der Waals surface area contributed by atoms with Gasteiger partial charge in [0.2, 0.25) is 0 Å². The van der Waals surface area contributed by atoms with Crippen molar-refractivity contribution in [3.63, 3.8) is 0 Å². The minimum absolute atomic E-state index is 0.0442. The summed E-state index contributed by atoms with van der Waals surface area (Å²) in [6.45, 7) is 0. The van der Waals surface area contributed by atoms with Crippen LogP contribution in [-0.4, -0.2) is 22.2 Å². The quantitative estimate of drug-likeness (QED) is 0.731. The fourth-order valence-electron chi connectivity index (χ4n) is 1.28. The first-order chi connectivity index (χ1) is 6.99. The second kappa shape index (κ2) is 5.32. The number of phenols is 1. The number of aromatic hydroxyl groups is 1. The Labute approximate surface area is 101 Å². The smallest absolute Gasteiger partial charge is 0.304 e. The van der Waals surface area contributed by atoms with Crippen molar-refractivity contribution >= 4 is 28.6 Å². The number of carbonyl (C=O) groups is 1. The van der Waals surface area contributed by atoms with Crippen LogP contribution in [-0.2, 0) is 11.2 Å². The van der Waals surface area contributed by atoms with Gasteiger partial charge < -0.3 is 15.9 Å². The van der Waals surface area contributed by atoms with E-state index in [9.17, 15) is 9.90 Å². The van der Waals surface area contributed by atoms with E-state index in [1.165, 1.54) is 0 Å². The lowest BCUT2D eigenvalue weighted by molar-refractivity contribution is -0.137. The van der Waals surface area contributed by atoms with Crippen molar-refractivity contribution < 1.29 is 15.0 Å². The van der Waals surface area contributed by atoms with Crippen molar-refractivity contribution in [2.45, 2.75) is 18.9 Å². The Morgan fingerprint density at radius 3 is 2.73 bits per heavy atom. The number of halogens is 1. The van der Waals surface area contributed by atoms with Crippen LogP contribution < -0.4 is 5.73 Å². The molecule has 0 saturated carbocycles. The van der Waals surface area contributed by atoms with Gasteiger partial charge in [-0.05, 0) is 46.7 Å². The van der Waals surface area contributed by atoms with Crippen LogP contribution in [0.3, 0.4) is 0 Å². The zero-order valence-electron chi connectivity index (χ0n) is 7.98. The molecule has 1 unspecified atom stereocenters. The molecule has 0 aliphatic carbocycles. The van der Waals surface area contributed by atoms with Crippen LogP contribution in [0.2, 0.25) is 0 Å². The maximum absolute atomic E-state index is 10.4. The molecule has 1 rings (SSSR count). The number of nitrogens with two attached hydrogens (primary N) is 1. The number of hydrogen-bond acceptors (Lipinski definition) is 3. The average Bonchev–Trinajstić information content (AvgIpc) is 2.10. The van der Waals surface area contributed by atoms with Gasteiger partial charge in [0.1, 0.15) is 5.75 Å². The van der Waals surface area contributed by atoms with E-state index in [1.807, 2.05) is 22.6 Å². The van der Waals surface area contributed by atoms with Crippen LogP contribution in [0.15, 0.2) is 18.2 Å². The van der Waals surface area contributed by atoms with Crippen LogP contribution in [0.1, 0.15) is 12.0 Å². The third-order valence-corrected chi connectivity index (χ3v) is 2.81. The molecule has 82 valence electrons. The molecule has 1 aromatic rings. The van der Waals surface area contributed by atoms with Gasteiger partial charge in [0.05, 0.1) is 9.99 Å². The number of phenolic OH excluding ortho intramolecular Hbond substituents is 1. The zero-order valence-corrected chi connectivity index (χ0v) is 10.1. The summed E-state index contributed by atoms with van der Waals surface area (Å²) in [5.74, 6) is -0.665. The molecule has 0 fully saturated rings. The zero-order chi connectivity index (χ0) is 11.4. The van der Waals surface area contributed by atoms with Crippen molar-refractivity contribution in [2.75, 3.05) is 0 Å². The van der Waals surface area contributed by atoms with Gasteiger partial charge in [-0.3, -0.25) is 4.79 Å². The van der Waals surface area contributed by atoms with Crippen molar-refractivity contribution in [1.82, 2.24) is 0 Å². The molecule has 0 aromatic heterocycles. The Kier molecular flexibility index (Phi) is 4.34. The van der Waals surface area contributed by atoms with Gasteiger partial charge in [0.15, 0.2) is 0 Å². The van der Waals surface area contributed by atoms with Gasteiger partial charge in [-0.2, -0.15) is 0 Å². The van der Waals surface area contributed by atoms with E-state index in [1.54, 1.807) is 18.2 Å². The number of carboxylic acids is 1. The molecule has 0 heterocycles. The number of hydrogen-bond donors (Lipinski definition) is 3. The van der Waals surface area contributed by atoms with Gasteiger partial charge in [0, 0.05) is 6.04 Å². The highest BCUT2D eigenvalue weighted by Gasteiger charge is 2.09. The standard InChI is InChI=1S/C10H12INO3/c11-8-4-6(1-2-9(8)13)3-7(12)5-10(14)15/h1-2,4,7,13H,3,5,12H2,(H,14,15). The maximum atomic E-state index is 10.4. The van der Waals surface area contributed by atoms with Crippen LogP contribution >= 0.6 is 22.6 Å². The first-order valence-corrected chi connectivity index (χ1v) is 5.51. The highest BCUT2D eigenvalue weighted by Crippen LogP contribution is 2.20. The van der Waals surface area contributed by atoms with Crippen molar-refractivity contribution in [1.29, 1.82) is 0 Å². The monoisotopic (exact) mass is 321 g/mol. The third-order valence-electron chi connectivity index (χ3n) is 1.95. The summed E-state index contributed by atoms with van der Waals surface area (Å²) in [7, 11) is 0. The highest BCUT2D eigenvalue weighted by molar-refractivity contribution is 14.1. The van der Waals surface area contributed by atoms with Crippen LogP contribution in [0, 0.1) is 3.57 Å². The highest BCUT2D eigenvalue weighted by atomic mass is 127. The fourth-order valence-corrected chi connectivity index (χ4v) is 1.86. The van der Waals surface area contributed by atoms with Gasteiger partial charge >= 0.3 is 5.97 Å². The number of benzene rings is 1. The number of carboxylic acid groups (broad SMARTS) is 1. The normalized spacial score (nSPS) is 12.4. The molecule has 0 aliphatic rings. The Hall–Kier alpha value is -0.820. The minimum atomic E-state index is -0.893. The maximum Gasteiger partial charge on any atom is 0.304 e. The number of aliphatic carboxylic acids is 1. The summed E-state index contributed by atoms with van der Waals surface area (Å²) in [4.78, 5) is 10.4. The molecule has 4 N–H and O–H groups in total.